The Hall–Kier alpha value is -0.410. The molecule has 90 valence electrons. The molecule has 1 atom stereocenters. The van der Waals surface area contributed by atoms with Gasteiger partial charge in [0.15, 0.2) is 0 Å². The first-order chi connectivity index (χ1) is 7.20. The van der Waals surface area contributed by atoms with Crippen LogP contribution in [0, 0.1) is 0 Å². The summed E-state index contributed by atoms with van der Waals surface area (Å²) in [6.07, 6.45) is 7.85. The topological polar surface area (TPSA) is 69.1 Å². The van der Waals surface area contributed by atoms with Crippen LogP contribution in [0.1, 0.15) is 58.3 Å². The van der Waals surface area contributed by atoms with Crippen molar-refractivity contribution in [2.45, 2.75) is 64.3 Å². The van der Waals surface area contributed by atoms with Crippen LogP contribution in [0.15, 0.2) is 0 Å². The summed E-state index contributed by atoms with van der Waals surface area (Å²) in [5, 5.41) is 0. The summed E-state index contributed by atoms with van der Waals surface area (Å²) < 4.78 is 0. The van der Waals surface area contributed by atoms with Crippen molar-refractivity contribution in [2.24, 2.45) is 11.5 Å². The molecule has 3 heteroatoms. The van der Waals surface area contributed by atoms with E-state index in [0.717, 1.165) is 25.7 Å². The SMILES string of the molecule is CCCCC(N)CCCCC(=O)CCN. The van der Waals surface area contributed by atoms with Crippen molar-refractivity contribution >= 4 is 5.78 Å². The van der Waals surface area contributed by atoms with Gasteiger partial charge in [-0.3, -0.25) is 4.79 Å². The Morgan fingerprint density at radius 3 is 2.40 bits per heavy atom. The lowest BCUT2D eigenvalue weighted by Crippen LogP contribution is -2.19. The Balaban J connectivity index is 3.26. The quantitative estimate of drug-likeness (QED) is 0.546. The lowest BCUT2D eigenvalue weighted by Gasteiger charge is -2.09. The molecule has 1 unspecified atom stereocenters. The van der Waals surface area contributed by atoms with Crippen LogP contribution in [0.25, 0.3) is 0 Å². The van der Waals surface area contributed by atoms with Crippen molar-refractivity contribution in [2.75, 3.05) is 6.54 Å². The molecule has 0 aromatic carbocycles. The van der Waals surface area contributed by atoms with Gasteiger partial charge in [0.25, 0.3) is 0 Å². The summed E-state index contributed by atoms with van der Waals surface area (Å²) in [5.74, 6) is 0.291. The molecule has 15 heavy (non-hydrogen) atoms. The molecular formula is C12H26N2O. The zero-order chi connectivity index (χ0) is 11.5. The molecule has 0 aliphatic carbocycles. The third kappa shape index (κ3) is 9.88. The fourth-order valence-electron chi connectivity index (χ4n) is 1.63. The molecular weight excluding hydrogens is 188 g/mol. The number of hydrogen-bond donors (Lipinski definition) is 2. The van der Waals surface area contributed by atoms with Crippen LogP contribution < -0.4 is 11.5 Å². The van der Waals surface area contributed by atoms with Gasteiger partial charge in [0.05, 0.1) is 0 Å². The predicted octanol–water partition coefficient (Wildman–Crippen LogP) is 1.98. The summed E-state index contributed by atoms with van der Waals surface area (Å²) in [7, 11) is 0. The molecule has 0 aromatic heterocycles. The monoisotopic (exact) mass is 214 g/mol. The van der Waals surface area contributed by atoms with E-state index in [2.05, 4.69) is 6.92 Å². The summed E-state index contributed by atoms with van der Waals surface area (Å²) in [4.78, 5) is 11.1. The van der Waals surface area contributed by atoms with E-state index in [0.29, 0.717) is 31.2 Å². The highest BCUT2D eigenvalue weighted by Gasteiger charge is 2.03. The second-order valence-electron chi connectivity index (χ2n) is 4.23. The van der Waals surface area contributed by atoms with E-state index < -0.39 is 0 Å². The van der Waals surface area contributed by atoms with E-state index in [1.165, 1.54) is 12.8 Å². The van der Waals surface area contributed by atoms with E-state index in [-0.39, 0.29) is 0 Å². The van der Waals surface area contributed by atoms with Crippen molar-refractivity contribution in [3.05, 3.63) is 0 Å². The third-order valence-electron chi connectivity index (χ3n) is 2.63. The van der Waals surface area contributed by atoms with Crippen LogP contribution in [0.4, 0.5) is 0 Å². The van der Waals surface area contributed by atoms with Gasteiger partial charge in [-0.05, 0) is 25.8 Å². The normalized spacial score (nSPS) is 12.7. The third-order valence-corrected chi connectivity index (χ3v) is 2.63. The molecule has 3 nitrogen and oxygen atoms in total. The van der Waals surface area contributed by atoms with Gasteiger partial charge < -0.3 is 11.5 Å². The second kappa shape index (κ2) is 10.1. The first-order valence-corrected chi connectivity index (χ1v) is 6.18. The van der Waals surface area contributed by atoms with Crippen LogP contribution in [-0.2, 0) is 4.79 Å². The van der Waals surface area contributed by atoms with Crippen molar-refractivity contribution in [3.63, 3.8) is 0 Å². The first kappa shape index (κ1) is 14.6. The number of carbonyl (C=O) groups excluding carboxylic acids is 1. The average molecular weight is 214 g/mol. The molecule has 0 aromatic rings. The molecule has 0 fully saturated rings. The van der Waals surface area contributed by atoms with E-state index in [4.69, 9.17) is 11.5 Å². The van der Waals surface area contributed by atoms with Crippen LogP contribution in [0.3, 0.4) is 0 Å². The smallest absolute Gasteiger partial charge is 0.134 e. The number of unbranched alkanes of at least 4 members (excludes halogenated alkanes) is 2. The standard InChI is InChI=1S/C12H26N2O/c1-2-3-6-11(14)7-4-5-8-12(15)9-10-13/h11H,2-10,13-14H2,1H3. The van der Waals surface area contributed by atoms with Gasteiger partial charge in [-0.2, -0.15) is 0 Å². The summed E-state index contributed by atoms with van der Waals surface area (Å²) in [6.45, 7) is 2.66. The van der Waals surface area contributed by atoms with Crippen molar-refractivity contribution in [3.8, 4) is 0 Å². The summed E-state index contributed by atoms with van der Waals surface area (Å²) in [6, 6.07) is 0.328. The van der Waals surface area contributed by atoms with Crippen molar-refractivity contribution < 1.29 is 4.79 Å². The highest BCUT2D eigenvalue weighted by molar-refractivity contribution is 5.78. The molecule has 0 spiro atoms. The van der Waals surface area contributed by atoms with Gasteiger partial charge in [-0.15, -0.1) is 0 Å². The van der Waals surface area contributed by atoms with E-state index >= 15 is 0 Å². The molecule has 0 saturated heterocycles. The zero-order valence-corrected chi connectivity index (χ0v) is 10.0. The fourth-order valence-corrected chi connectivity index (χ4v) is 1.63. The van der Waals surface area contributed by atoms with Crippen LogP contribution in [-0.4, -0.2) is 18.4 Å². The lowest BCUT2D eigenvalue weighted by atomic mass is 10.0. The Bertz CT molecular complexity index is 160. The van der Waals surface area contributed by atoms with Crippen molar-refractivity contribution in [1.82, 2.24) is 0 Å². The fraction of sp³-hybridized carbons (Fsp3) is 0.917. The maximum Gasteiger partial charge on any atom is 0.134 e. The number of nitrogens with two attached hydrogens (primary N) is 2. The molecule has 0 amide bonds. The van der Waals surface area contributed by atoms with Gasteiger partial charge in [0.1, 0.15) is 5.78 Å². The second-order valence-corrected chi connectivity index (χ2v) is 4.23. The molecule has 0 aliphatic rings. The highest BCUT2D eigenvalue weighted by atomic mass is 16.1. The Morgan fingerprint density at radius 1 is 1.13 bits per heavy atom. The summed E-state index contributed by atoms with van der Waals surface area (Å²) >= 11 is 0. The van der Waals surface area contributed by atoms with Crippen LogP contribution in [0.2, 0.25) is 0 Å². The van der Waals surface area contributed by atoms with Crippen LogP contribution >= 0.6 is 0 Å². The molecule has 0 bridgehead atoms. The molecule has 0 aliphatic heterocycles. The highest BCUT2D eigenvalue weighted by Crippen LogP contribution is 2.08. The zero-order valence-electron chi connectivity index (χ0n) is 10.0. The number of Topliss-reactive ketones (excluding diaryl/α,β-unsaturated/α-hetero) is 1. The number of ketones is 1. The minimum atomic E-state index is 0.291. The maximum atomic E-state index is 11.1. The number of rotatable bonds is 10. The molecule has 0 saturated carbocycles. The van der Waals surface area contributed by atoms with Gasteiger partial charge in [-0.25, -0.2) is 0 Å². The van der Waals surface area contributed by atoms with Gasteiger partial charge >= 0.3 is 0 Å². The van der Waals surface area contributed by atoms with Crippen LogP contribution in [0.5, 0.6) is 0 Å². The maximum absolute atomic E-state index is 11.1. The predicted molar refractivity (Wildman–Crippen MR) is 64.6 cm³/mol. The van der Waals surface area contributed by atoms with E-state index in [1.807, 2.05) is 0 Å². The average Bonchev–Trinajstić information content (AvgIpc) is 2.22. The lowest BCUT2D eigenvalue weighted by molar-refractivity contribution is -0.119. The van der Waals surface area contributed by atoms with Gasteiger partial charge in [-0.1, -0.05) is 26.2 Å². The Labute approximate surface area is 93.6 Å². The van der Waals surface area contributed by atoms with E-state index in [1.54, 1.807) is 0 Å². The molecule has 4 N–H and O–H groups in total. The molecule has 0 heterocycles. The number of hydrogen-bond acceptors (Lipinski definition) is 3. The minimum Gasteiger partial charge on any atom is -0.330 e. The molecule has 0 radical (unpaired) electrons. The summed E-state index contributed by atoms with van der Waals surface area (Å²) in [5.41, 5.74) is 11.2. The largest absolute Gasteiger partial charge is 0.330 e. The van der Waals surface area contributed by atoms with E-state index in [9.17, 15) is 4.79 Å². The van der Waals surface area contributed by atoms with Gasteiger partial charge in [0.2, 0.25) is 0 Å². The Morgan fingerprint density at radius 2 is 1.80 bits per heavy atom. The van der Waals surface area contributed by atoms with Gasteiger partial charge in [0, 0.05) is 18.9 Å². The first-order valence-electron chi connectivity index (χ1n) is 6.18. The molecule has 0 rings (SSSR count). The Kier molecular flexibility index (Phi) is 9.84. The number of carbonyl (C=O) groups is 1. The minimum absolute atomic E-state index is 0.291. The van der Waals surface area contributed by atoms with Crippen molar-refractivity contribution in [1.29, 1.82) is 0 Å².